The van der Waals surface area contributed by atoms with Crippen molar-refractivity contribution in [3.05, 3.63) is 30.0 Å². The van der Waals surface area contributed by atoms with Gasteiger partial charge in [-0.3, -0.25) is 14.8 Å². The Hall–Kier alpha value is -1.92. The minimum absolute atomic E-state index is 0.0330. The minimum Gasteiger partial charge on any atom is -0.377 e. The third-order valence-electron chi connectivity index (χ3n) is 5.77. The van der Waals surface area contributed by atoms with E-state index in [9.17, 15) is 4.79 Å². The zero-order valence-electron chi connectivity index (χ0n) is 14.5. The number of H-pyrrole nitrogens is 1. The maximum atomic E-state index is 11.5. The number of rotatable bonds is 5. The molecule has 2 saturated heterocycles. The van der Waals surface area contributed by atoms with E-state index in [1.807, 2.05) is 12.1 Å². The number of carbonyl (C=O) groups excluding carboxylic acids is 1. The van der Waals surface area contributed by atoms with Gasteiger partial charge in [-0.05, 0) is 50.8 Å². The molecular formula is C19H26N4O2. The van der Waals surface area contributed by atoms with Crippen LogP contribution in [0.4, 0.5) is 0 Å². The van der Waals surface area contributed by atoms with Crippen molar-refractivity contribution in [2.45, 2.75) is 38.3 Å². The first-order valence-corrected chi connectivity index (χ1v) is 9.26. The lowest BCUT2D eigenvalue weighted by molar-refractivity contribution is -0.123. The molecule has 3 heterocycles. The highest BCUT2D eigenvalue weighted by Gasteiger charge is 2.35. The van der Waals surface area contributed by atoms with Crippen LogP contribution in [0.2, 0.25) is 0 Å². The quantitative estimate of drug-likeness (QED) is 0.871. The number of piperidine rings is 1. The number of aromatic nitrogens is 2. The third-order valence-corrected chi connectivity index (χ3v) is 5.77. The van der Waals surface area contributed by atoms with Crippen LogP contribution in [-0.2, 0) is 16.1 Å². The molecule has 0 bridgehead atoms. The highest BCUT2D eigenvalue weighted by molar-refractivity contribution is 5.81. The number of nitrogens with zero attached hydrogens (tertiary/aromatic N) is 2. The zero-order chi connectivity index (χ0) is 17.2. The summed E-state index contributed by atoms with van der Waals surface area (Å²) in [5.74, 6) is 0.333. The summed E-state index contributed by atoms with van der Waals surface area (Å²) in [5.41, 5.74) is 7.73. The molecule has 2 aliphatic rings. The normalized spacial score (nSPS) is 25.6. The number of hydrogen-bond acceptors (Lipinski definition) is 4. The SMILES string of the molecule is NC(=O)[C@@H]1CCO[C@@H]1CC1CCN(Cc2[nH]nc3ccccc23)CC1. The summed E-state index contributed by atoms with van der Waals surface area (Å²) in [5, 5.41) is 8.78. The monoisotopic (exact) mass is 342 g/mol. The van der Waals surface area contributed by atoms with Crippen molar-refractivity contribution in [2.75, 3.05) is 19.7 Å². The fourth-order valence-electron chi connectivity index (χ4n) is 4.27. The standard InChI is InChI=1S/C19H26N4O2/c20-19(24)15-7-10-25-18(15)11-13-5-8-23(9-6-13)12-17-14-3-1-2-4-16(14)21-22-17/h1-4,13,15,18H,5-12H2,(H2,20,24)(H,21,22)/t15-,18-/m1/s1. The molecule has 0 aliphatic carbocycles. The summed E-state index contributed by atoms with van der Waals surface area (Å²) in [6, 6.07) is 8.24. The average molecular weight is 342 g/mol. The Labute approximate surface area is 147 Å². The molecule has 2 aliphatic heterocycles. The summed E-state index contributed by atoms with van der Waals surface area (Å²) in [7, 11) is 0. The number of nitrogens with one attached hydrogen (secondary N) is 1. The molecule has 6 nitrogen and oxygen atoms in total. The maximum Gasteiger partial charge on any atom is 0.223 e. The van der Waals surface area contributed by atoms with Crippen LogP contribution in [0.3, 0.4) is 0 Å². The summed E-state index contributed by atoms with van der Waals surface area (Å²) in [4.78, 5) is 14.0. The van der Waals surface area contributed by atoms with Crippen molar-refractivity contribution in [1.82, 2.24) is 15.1 Å². The number of likely N-dealkylation sites (tertiary alicyclic amines) is 1. The number of aromatic amines is 1. The molecule has 6 heteroatoms. The second-order valence-electron chi connectivity index (χ2n) is 7.38. The topological polar surface area (TPSA) is 84.2 Å². The first-order chi connectivity index (χ1) is 12.2. The van der Waals surface area contributed by atoms with Crippen LogP contribution in [0.15, 0.2) is 24.3 Å². The van der Waals surface area contributed by atoms with Crippen molar-refractivity contribution in [1.29, 1.82) is 0 Å². The van der Waals surface area contributed by atoms with Gasteiger partial charge in [0.15, 0.2) is 0 Å². The molecule has 0 radical (unpaired) electrons. The van der Waals surface area contributed by atoms with Crippen LogP contribution in [0, 0.1) is 11.8 Å². The second-order valence-corrected chi connectivity index (χ2v) is 7.38. The Morgan fingerprint density at radius 3 is 2.88 bits per heavy atom. The largest absolute Gasteiger partial charge is 0.377 e. The van der Waals surface area contributed by atoms with Gasteiger partial charge in [-0.25, -0.2) is 0 Å². The molecule has 2 atom stereocenters. The molecule has 0 spiro atoms. The van der Waals surface area contributed by atoms with E-state index in [-0.39, 0.29) is 17.9 Å². The van der Waals surface area contributed by atoms with Crippen LogP contribution >= 0.6 is 0 Å². The van der Waals surface area contributed by atoms with Crippen molar-refractivity contribution in [3.8, 4) is 0 Å². The maximum absolute atomic E-state index is 11.5. The molecule has 3 N–H and O–H groups in total. The number of primary amides is 1. The first kappa shape index (κ1) is 16.5. The van der Waals surface area contributed by atoms with Gasteiger partial charge >= 0.3 is 0 Å². The Bertz CT molecular complexity index is 736. The Morgan fingerprint density at radius 2 is 2.08 bits per heavy atom. The van der Waals surface area contributed by atoms with Crippen molar-refractivity contribution >= 4 is 16.8 Å². The van der Waals surface area contributed by atoms with Crippen LogP contribution in [0.5, 0.6) is 0 Å². The molecule has 4 rings (SSSR count). The molecular weight excluding hydrogens is 316 g/mol. The number of hydrogen-bond donors (Lipinski definition) is 2. The number of amides is 1. The van der Waals surface area contributed by atoms with E-state index in [1.165, 1.54) is 11.1 Å². The fourth-order valence-corrected chi connectivity index (χ4v) is 4.27. The lowest BCUT2D eigenvalue weighted by Gasteiger charge is -2.33. The fraction of sp³-hybridized carbons (Fsp3) is 0.579. The van der Waals surface area contributed by atoms with Crippen LogP contribution in [0.1, 0.15) is 31.4 Å². The minimum atomic E-state index is -0.203. The van der Waals surface area contributed by atoms with Gasteiger partial charge in [0.05, 0.1) is 23.2 Å². The smallest absolute Gasteiger partial charge is 0.223 e. The van der Waals surface area contributed by atoms with Gasteiger partial charge in [0.1, 0.15) is 0 Å². The van der Waals surface area contributed by atoms with E-state index in [4.69, 9.17) is 10.5 Å². The predicted octanol–water partition coefficient (Wildman–Crippen LogP) is 2.06. The lowest BCUT2D eigenvalue weighted by atomic mass is 9.86. The molecule has 2 aromatic rings. The third kappa shape index (κ3) is 3.55. The number of ether oxygens (including phenoxy) is 1. The van der Waals surface area contributed by atoms with Gasteiger partial charge in [0, 0.05) is 18.5 Å². The highest BCUT2D eigenvalue weighted by Crippen LogP contribution is 2.31. The molecule has 0 unspecified atom stereocenters. The van der Waals surface area contributed by atoms with E-state index in [0.29, 0.717) is 12.5 Å². The molecule has 134 valence electrons. The van der Waals surface area contributed by atoms with Gasteiger partial charge < -0.3 is 10.5 Å². The molecule has 25 heavy (non-hydrogen) atoms. The molecule has 1 aromatic carbocycles. The van der Waals surface area contributed by atoms with Crippen LogP contribution in [-0.4, -0.2) is 46.8 Å². The van der Waals surface area contributed by atoms with E-state index in [1.54, 1.807) is 0 Å². The van der Waals surface area contributed by atoms with Crippen LogP contribution < -0.4 is 5.73 Å². The van der Waals surface area contributed by atoms with E-state index < -0.39 is 0 Å². The van der Waals surface area contributed by atoms with E-state index in [0.717, 1.165) is 50.8 Å². The van der Waals surface area contributed by atoms with Crippen molar-refractivity contribution in [3.63, 3.8) is 0 Å². The van der Waals surface area contributed by atoms with E-state index in [2.05, 4.69) is 27.2 Å². The Balaban J connectivity index is 1.30. The molecule has 0 saturated carbocycles. The number of benzene rings is 1. The highest BCUT2D eigenvalue weighted by atomic mass is 16.5. The Morgan fingerprint density at radius 1 is 1.28 bits per heavy atom. The number of nitrogens with two attached hydrogens (primary N) is 1. The Kier molecular flexibility index (Phi) is 4.72. The average Bonchev–Trinajstić information content (AvgIpc) is 3.24. The molecule has 1 amide bonds. The second kappa shape index (κ2) is 7.14. The lowest BCUT2D eigenvalue weighted by Crippen LogP contribution is -2.36. The summed E-state index contributed by atoms with van der Waals surface area (Å²) in [6.07, 6.45) is 4.08. The number of fused-ring (bicyclic) bond motifs is 1. The van der Waals surface area contributed by atoms with Gasteiger partial charge in [-0.15, -0.1) is 0 Å². The predicted molar refractivity (Wildman–Crippen MR) is 95.8 cm³/mol. The van der Waals surface area contributed by atoms with Crippen LogP contribution in [0.25, 0.3) is 10.9 Å². The first-order valence-electron chi connectivity index (χ1n) is 9.26. The summed E-state index contributed by atoms with van der Waals surface area (Å²) >= 11 is 0. The molecule has 1 aromatic heterocycles. The van der Waals surface area contributed by atoms with Gasteiger partial charge in [-0.2, -0.15) is 5.10 Å². The molecule has 2 fully saturated rings. The van der Waals surface area contributed by atoms with E-state index >= 15 is 0 Å². The summed E-state index contributed by atoms with van der Waals surface area (Å²) < 4.78 is 5.76. The van der Waals surface area contributed by atoms with Gasteiger partial charge in [0.2, 0.25) is 5.91 Å². The zero-order valence-corrected chi connectivity index (χ0v) is 14.5. The van der Waals surface area contributed by atoms with Crippen molar-refractivity contribution < 1.29 is 9.53 Å². The van der Waals surface area contributed by atoms with Gasteiger partial charge in [0.25, 0.3) is 0 Å². The number of para-hydroxylation sites is 1. The van der Waals surface area contributed by atoms with Crippen molar-refractivity contribution in [2.24, 2.45) is 17.6 Å². The summed E-state index contributed by atoms with van der Waals surface area (Å²) in [6.45, 7) is 3.74. The number of carbonyl (C=O) groups is 1. The van der Waals surface area contributed by atoms with Gasteiger partial charge in [-0.1, -0.05) is 18.2 Å².